The molecule has 5 rings (SSSR count). The second-order valence-electron chi connectivity index (χ2n) is 8.13. The first kappa shape index (κ1) is 19.9. The highest BCUT2D eigenvalue weighted by atomic mass is 19.1. The lowest BCUT2D eigenvalue weighted by atomic mass is 9.96. The van der Waals surface area contributed by atoms with Crippen LogP contribution >= 0.6 is 0 Å². The maximum atomic E-state index is 13.6. The minimum atomic E-state index is -0.306. The number of carbonyl (C=O) groups excluding carboxylic acids is 1. The van der Waals surface area contributed by atoms with Gasteiger partial charge in [-0.3, -0.25) is 14.8 Å². The summed E-state index contributed by atoms with van der Waals surface area (Å²) < 4.78 is 19.1. The molecule has 0 saturated carbocycles. The Balaban J connectivity index is 1.52. The molecule has 1 atom stereocenters. The number of aromatic nitrogens is 2. The summed E-state index contributed by atoms with van der Waals surface area (Å²) in [5, 5.41) is 7.47. The highest BCUT2D eigenvalue weighted by molar-refractivity contribution is 6.00. The van der Waals surface area contributed by atoms with Crippen molar-refractivity contribution < 1.29 is 13.9 Å². The number of nitrogens with zero attached hydrogens (tertiary/aromatic N) is 3. The van der Waals surface area contributed by atoms with Gasteiger partial charge in [0.05, 0.1) is 24.9 Å². The van der Waals surface area contributed by atoms with E-state index in [-0.39, 0.29) is 17.8 Å². The molecule has 0 aliphatic carbocycles. The van der Waals surface area contributed by atoms with E-state index in [0.29, 0.717) is 12.2 Å². The van der Waals surface area contributed by atoms with Gasteiger partial charge in [0.15, 0.2) is 0 Å². The Hall–Kier alpha value is -3.03. The molecule has 1 saturated heterocycles. The van der Waals surface area contributed by atoms with Gasteiger partial charge >= 0.3 is 0 Å². The number of fused-ring (bicyclic) bond motifs is 1. The first-order chi connectivity index (χ1) is 15.1. The van der Waals surface area contributed by atoms with Crippen LogP contribution in [0.2, 0.25) is 0 Å². The summed E-state index contributed by atoms with van der Waals surface area (Å²) in [6.45, 7) is 6.55. The van der Waals surface area contributed by atoms with E-state index in [0.717, 1.165) is 60.8 Å². The standard InChI is InChI=1S/C24H25FN4O2/c1-16-2-4-17(5-3-16)21-20-22(27-26-21)24(30)29(11-10-28-12-14-31-15-13-28)23(20)18-6-8-19(25)9-7-18/h2-9,23H,10-15H2,1H3,(H,26,27). The molecule has 160 valence electrons. The summed E-state index contributed by atoms with van der Waals surface area (Å²) in [5.74, 6) is -0.359. The summed E-state index contributed by atoms with van der Waals surface area (Å²) in [6, 6.07) is 14.2. The Bertz CT molecular complexity index is 1070. The number of hydrogen-bond donors (Lipinski definition) is 1. The molecule has 0 radical (unpaired) electrons. The van der Waals surface area contributed by atoms with E-state index in [2.05, 4.69) is 15.1 Å². The zero-order valence-corrected chi connectivity index (χ0v) is 17.5. The first-order valence-electron chi connectivity index (χ1n) is 10.6. The number of nitrogens with one attached hydrogen (secondary N) is 1. The number of H-pyrrole nitrogens is 1. The number of carbonyl (C=O) groups is 1. The number of morpholine rings is 1. The van der Waals surface area contributed by atoms with Gasteiger partial charge < -0.3 is 9.64 Å². The van der Waals surface area contributed by atoms with Crippen LogP contribution in [-0.4, -0.2) is 65.3 Å². The normalized spacial score (nSPS) is 19.1. The molecule has 3 heterocycles. The molecule has 2 aliphatic heterocycles. The van der Waals surface area contributed by atoms with Crippen molar-refractivity contribution >= 4 is 5.91 Å². The molecule has 1 N–H and O–H groups in total. The maximum absolute atomic E-state index is 13.6. The van der Waals surface area contributed by atoms with E-state index in [9.17, 15) is 9.18 Å². The molecule has 2 aliphatic rings. The molecule has 1 unspecified atom stereocenters. The smallest absolute Gasteiger partial charge is 0.273 e. The van der Waals surface area contributed by atoms with Gasteiger partial charge in [-0.2, -0.15) is 5.10 Å². The van der Waals surface area contributed by atoms with Gasteiger partial charge in [0, 0.05) is 37.3 Å². The van der Waals surface area contributed by atoms with Gasteiger partial charge in [-0.15, -0.1) is 0 Å². The topological polar surface area (TPSA) is 61.5 Å². The molecule has 1 amide bonds. The van der Waals surface area contributed by atoms with Gasteiger partial charge in [0.1, 0.15) is 11.5 Å². The fourth-order valence-electron chi connectivity index (χ4n) is 4.42. The van der Waals surface area contributed by atoms with Crippen molar-refractivity contribution in [2.45, 2.75) is 13.0 Å². The van der Waals surface area contributed by atoms with Crippen molar-refractivity contribution in [1.29, 1.82) is 0 Å². The lowest BCUT2D eigenvalue weighted by Gasteiger charge is -2.31. The van der Waals surface area contributed by atoms with E-state index < -0.39 is 0 Å². The minimum absolute atomic E-state index is 0.0663. The maximum Gasteiger partial charge on any atom is 0.273 e. The minimum Gasteiger partial charge on any atom is -0.379 e. The van der Waals surface area contributed by atoms with E-state index in [1.807, 2.05) is 36.1 Å². The third-order valence-electron chi connectivity index (χ3n) is 6.14. The number of ether oxygens (including phenoxy) is 1. The molecule has 3 aromatic rings. The van der Waals surface area contributed by atoms with E-state index in [4.69, 9.17) is 4.74 Å². The van der Waals surface area contributed by atoms with Crippen LogP contribution in [0.3, 0.4) is 0 Å². The third-order valence-corrected chi connectivity index (χ3v) is 6.14. The molecule has 0 bridgehead atoms. The van der Waals surface area contributed by atoms with Gasteiger partial charge in [-0.25, -0.2) is 4.39 Å². The predicted octanol–water partition coefficient (Wildman–Crippen LogP) is 3.40. The Labute approximate surface area is 180 Å². The summed E-state index contributed by atoms with van der Waals surface area (Å²) in [4.78, 5) is 17.5. The Morgan fingerprint density at radius 3 is 2.48 bits per heavy atom. The molecule has 2 aromatic carbocycles. The molecule has 1 fully saturated rings. The summed E-state index contributed by atoms with van der Waals surface area (Å²) in [5.41, 5.74) is 5.15. The first-order valence-corrected chi connectivity index (χ1v) is 10.6. The molecule has 6 nitrogen and oxygen atoms in total. The van der Waals surface area contributed by atoms with Gasteiger partial charge in [-0.05, 0) is 24.6 Å². The van der Waals surface area contributed by atoms with Crippen LogP contribution in [0.4, 0.5) is 4.39 Å². The van der Waals surface area contributed by atoms with Crippen LogP contribution in [0.15, 0.2) is 48.5 Å². The van der Waals surface area contributed by atoms with Gasteiger partial charge in [0.2, 0.25) is 0 Å². The van der Waals surface area contributed by atoms with Crippen LogP contribution < -0.4 is 0 Å². The molecule has 7 heteroatoms. The molecule has 31 heavy (non-hydrogen) atoms. The molecular weight excluding hydrogens is 395 g/mol. The number of benzene rings is 2. The lowest BCUT2D eigenvalue weighted by molar-refractivity contribution is 0.0316. The van der Waals surface area contributed by atoms with Crippen molar-refractivity contribution in [2.24, 2.45) is 0 Å². The molecule has 1 aromatic heterocycles. The van der Waals surface area contributed by atoms with Crippen LogP contribution in [-0.2, 0) is 4.74 Å². The fraction of sp³-hybridized carbons (Fsp3) is 0.333. The number of halogens is 1. The zero-order valence-electron chi connectivity index (χ0n) is 17.5. The average Bonchev–Trinajstić information content (AvgIpc) is 3.33. The number of amides is 1. The number of rotatable bonds is 5. The summed E-state index contributed by atoms with van der Waals surface area (Å²) >= 11 is 0. The van der Waals surface area contributed by atoms with Crippen LogP contribution in [0.5, 0.6) is 0 Å². The van der Waals surface area contributed by atoms with Crippen molar-refractivity contribution in [1.82, 2.24) is 20.0 Å². The Morgan fingerprint density at radius 1 is 1.06 bits per heavy atom. The lowest BCUT2D eigenvalue weighted by Crippen LogP contribution is -2.42. The summed E-state index contributed by atoms with van der Waals surface area (Å²) in [6.07, 6.45) is 0. The molecular formula is C24H25FN4O2. The van der Waals surface area contributed by atoms with Crippen molar-refractivity contribution in [3.8, 4) is 11.3 Å². The average molecular weight is 420 g/mol. The quantitative estimate of drug-likeness (QED) is 0.687. The third kappa shape index (κ3) is 3.75. The van der Waals surface area contributed by atoms with Crippen LogP contribution in [0, 0.1) is 12.7 Å². The highest BCUT2D eigenvalue weighted by Crippen LogP contribution is 2.42. The van der Waals surface area contributed by atoms with Gasteiger partial charge in [0.25, 0.3) is 5.91 Å². The fourth-order valence-corrected chi connectivity index (χ4v) is 4.42. The number of hydrogen-bond acceptors (Lipinski definition) is 4. The second kappa shape index (κ2) is 8.24. The van der Waals surface area contributed by atoms with Crippen molar-refractivity contribution in [3.05, 3.63) is 76.7 Å². The van der Waals surface area contributed by atoms with E-state index in [1.165, 1.54) is 12.1 Å². The summed E-state index contributed by atoms with van der Waals surface area (Å²) in [7, 11) is 0. The zero-order chi connectivity index (χ0) is 21.4. The Morgan fingerprint density at radius 2 is 1.77 bits per heavy atom. The Kier molecular flexibility index (Phi) is 5.29. The largest absolute Gasteiger partial charge is 0.379 e. The molecule has 0 spiro atoms. The number of aromatic amines is 1. The van der Waals surface area contributed by atoms with E-state index in [1.54, 1.807) is 12.1 Å². The SMILES string of the molecule is Cc1ccc(-c2n[nH]c3c2C(c2ccc(F)cc2)N(CCN2CCOCC2)C3=O)cc1. The van der Waals surface area contributed by atoms with Crippen LogP contribution in [0.1, 0.15) is 33.2 Å². The van der Waals surface area contributed by atoms with Gasteiger partial charge in [-0.1, -0.05) is 42.0 Å². The second-order valence-corrected chi connectivity index (χ2v) is 8.13. The monoisotopic (exact) mass is 420 g/mol. The highest BCUT2D eigenvalue weighted by Gasteiger charge is 2.42. The van der Waals surface area contributed by atoms with E-state index >= 15 is 0 Å². The predicted molar refractivity (Wildman–Crippen MR) is 115 cm³/mol. The van der Waals surface area contributed by atoms with Crippen molar-refractivity contribution in [3.63, 3.8) is 0 Å². The van der Waals surface area contributed by atoms with Crippen LogP contribution in [0.25, 0.3) is 11.3 Å². The van der Waals surface area contributed by atoms with Crippen molar-refractivity contribution in [2.75, 3.05) is 39.4 Å². The number of aryl methyl sites for hydroxylation is 1.